The molecule has 0 bridgehead atoms. The van der Waals surface area contributed by atoms with E-state index in [1.54, 1.807) is 0 Å². The van der Waals surface area contributed by atoms with Crippen molar-refractivity contribution in [3.05, 3.63) is 29.6 Å². The summed E-state index contributed by atoms with van der Waals surface area (Å²) in [6, 6.07) is 4.32. The van der Waals surface area contributed by atoms with Crippen molar-refractivity contribution in [1.82, 2.24) is 20.2 Å². The smallest absolute Gasteiger partial charge is 0.137 e. The van der Waals surface area contributed by atoms with Crippen LogP contribution in [0.4, 0.5) is 0 Å². The summed E-state index contributed by atoms with van der Waals surface area (Å²) in [6.45, 7) is 8.20. The van der Waals surface area contributed by atoms with E-state index in [9.17, 15) is 0 Å². The quantitative estimate of drug-likeness (QED) is 0.914. The largest absolute Gasteiger partial charge is 0.343 e. The van der Waals surface area contributed by atoms with Crippen molar-refractivity contribution in [2.75, 3.05) is 26.2 Å². The highest BCUT2D eigenvalue weighted by Crippen LogP contribution is 2.33. The maximum Gasteiger partial charge on any atom is 0.137 e. The Morgan fingerprint density at radius 3 is 2.96 bits per heavy atom. The summed E-state index contributed by atoms with van der Waals surface area (Å²) in [5.41, 5.74) is 4.04. The fourth-order valence-electron chi connectivity index (χ4n) is 4.38. The van der Waals surface area contributed by atoms with Crippen molar-refractivity contribution < 1.29 is 0 Å². The monoisotopic (exact) mass is 312 g/mol. The van der Waals surface area contributed by atoms with E-state index in [2.05, 4.69) is 39.2 Å². The van der Waals surface area contributed by atoms with Gasteiger partial charge in [0.25, 0.3) is 0 Å². The van der Waals surface area contributed by atoms with Gasteiger partial charge in [0, 0.05) is 36.3 Å². The molecule has 0 amide bonds. The van der Waals surface area contributed by atoms with Crippen LogP contribution in [0.15, 0.2) is 18.3 Å². The van der Waals surface area contributed by atoms with Crippen LogP contribution in [0.25, 0.3) is 11.0 Å². The van der Waals surface area contributed by atoms with Crippen molar-refractivity contribution in [2.45, 2.75) is 45.1 Å². The average Bonchev–Trinajstić information content (AvgIpc) is 2.95. The van der Waals surface area contributed by atoms with E-state index in [1.807, 2.05) is 6.20 Å². The number of rotatable bonds is 3. The lowest BCUT2D eigenvalue weighted by atomic mass is 9.91. The van der Waals surface area contributed by atoms with Crippen LogP contribution in [0.3, 0.4) is 0 Å². The molecule has 2 aromatic rings. The first-order chi connectivity index (χ1) is 11.3. The molecular formula is C19H28N4. The number of pyridine rings is 1. The molecule has 2 aromatic heterocycles. The molecule has 0 saturated carbocycles. The molecule has 1 atom stereocenters. The highest BCUT2D eigenvalue weighted by atomic mass is 15.1. The summed E-state index contributed by atoms with van der Waals surface area (Å²) in [6.07, 6.45) is 7.09. The van der Waals surface area contributed by atoms with Gasteiger partial charge in [-0.3, -0.25) is 4.90 Å². The van der Waals surface area contributed by atoms with E-state index >= 15 is 0 Å². The summed E-state index contributed by atoms with van der Waals surface area (Å²) in [5, 5.41) is 4.82. The van der Waals surface area contributed by atoms with E-state index in [4.69, 9.17) is 0 Å². The minimum atomic E-state index is 0.655. The predicted molar refractivity (Wildman–Crippen MR) is 94.6 cm³/mol. The Kier molecular flexibility index (Phi) is 4.36. The first-order valence-electron chi connectivity index (χ1n) is 9.20. The topological polar surface area (TPSA) is 44.0 Å². The molecule has 4 rings (SSSR count). The molecule has 0 aromatic carbocycles. The molecule has 2 aliphatic heterocycles. The lowest BCUT2D eigenvalue weighted by molar-refractivity contribution is 0.176. The highest BCUT2D eigenvalue weighted by molar-refractivity contribution is 5.81. The molecule has 23 heavy (non-hydrogen) atoms. The number of hydrogen-bond donors (Lipinski definition) is 2. The van der Waals surface area contributed by atoms with Gasteiger partial charge in [0.1, 0.15) is 5.65 Å². The highest BCUT2D eigenvalue weighted by Gasteiger charge is 2.25. The van der Waals surface area contributed by atoms with E-state index in [0.717, 1.165) is 31.2 Å². The summed E-state index contributed by atoms with van der Waals surface area (Å²) < 4.78 is 0. The summed E-state index contributed by atoms with van der Waals surface area (Å²) in [5.74, 6) is 1.48. The SMILES string of the molecule is C[C@H]1CCCN(Cc2c(C3CCNCC3)[nH]c3ncccc23)C1. The van der Waals surface area contributed by atoms with Gasteiger partial charge >= 0.3 is 0 Å². The number of fused-ring (bicyclic) bond motifs is 1. The molecule has 2 aliphatic rings. The summed E-state index contributed by atoms with van der Waals surface area (Å²) in [4.78, 5) is 10.9. The van der Waals surface area contributed by atoms with Crippen LogP contribution < -0.4 is 5.32 Å². The van der Waals surface area contributed by atoms with Gasteiger partial charge in [-0.15, -0.1) is 0 Å². The predicted octanol–water partition coefficient (Wildman–Crippen LogP) is 3.26. The molecule has 124 valence electrons. The van der Waals surface area contributed by atoms with Gasteiger partial charge in [0.05, 0.1) is 0 Å². The fourth-order valence-corrected chi connectivity index (χ4v) is 4.38. The molecule has 0 spiro atoms. The molecule has 2 N–H and O–H groups in total. The van der Waals surface area contributed by atoms with Gasteiger partial charge < -0.3 is 10.3 Å². The Hall–Kier alpha value is -1.39. The Morgan fingerprint density at radius 1 is 1.26 bits per heavy atom. The fraction of sp³-hybridized carbons (Fsp3) is 0.632. The number of nitrogens with one attached hydrogen (secondary N) is 2. The molecular weight excluding hydrogens is 284 g/mol. The van der Waals surface area contributed by atoms with Crippen LogP contribution in [0.5, 0.6) is 0 Å². The lowest BCUT2D eigenvalue weighted by Crippen LogP contribution is -2.34. The molecule has 2 fully saturated rings. The maximum atomic E-state index is 4.58. The Labute approximate surface area is 138 Å². The van der Waals surface area contributed by atoms with Gasteiger partial charge in [0.2, 0.25) is 0 Å². The Morgan fingerprint density at radius 2 is 2.13 bits per heavy atom. The van der Waals surface area contributed by atoms with Crippen LogP contribution in [0, 0.1) is 5.92 Å². The van der Waals surface area contributed by atoms with Gasteiger partial charge in [-0.25, -0.2) is 4.98 Å². The van der Waals surface area contributed by atoms with Crippen molar-refractivity contribution in [3.8, 4) is 0 Å². The second-order valence-electron chi connectivity index (χ2n) is 7.42. The van der Waals surface area contributed by atoms with E-state index in [1.165, 1.54) is 55.4 Å². The van der Waals surface area contributed by atoms with Crippen LogP contribution in [0.2, 0.25) is 0 Å². The van der Waals surface area contributed by atoms with Crippen LogP contribution in [0.1, 0.15) is 49.8 Å². The molecule has 2 saturated heterocycles. The van der Waals surface area contributed by atoms with Crippen molar-refractivity contribution >= 4 is 11.0 Å². The number of nitrogens with zero attached hydrogens (tertiary/aromatic N) is 2. The summed E-state index contributed by atoms with van der Waals surface area (Å²) >= 11 is 0. The molecule has 4 heteroatoms. The molecule has 0 unspecified atom stereocenters. The van der Waals surface area contributed by atoms with Crippen LogP contribution >= 0.6 is 0 Å². The standard InChI is InChI=1S/C19H28N4/c1-14-4-3-11-23(12-14)13-17-16-5-2-8-21-19(16)22-18(17)15-6-9-20-10-7-15/h2,5,8,14-15,20H,3-4,6-7,9-13H2,1H3,(H,21,22)/t14-/m0/s1. The zero-order valence-corrected chi connectivity index (χ0v) is 14.1. The van der Waals surface area contributed by atoms with Gasteiger partial charge in [-0.05, 0) is 68.9 Å². The van der Waals surface area contributed by atoms with Gasteiger partial charge in [0.15, 0.2) is 0 Å². The van der Waals surface area contributed by atoms with Crippen molar-refractivity contribution in [2.24, 2.45) is 5.92 Å². The Bertz CT molecular complexity index is 656. The number of hydrogen-bond acceptors (Lipinski definition) is 3. The van der Waals surface area contributed by atoms with E-state index in [-0.39, 0.29) is 0 Å². The first kappa shape index (κ1) is 15.2. The maximum absolute atomic E-state index is 4.58. The normalized spacial score (nSPS) is 24.3. The number of aromatic amines is 1. The minimum absolute atomic E-state index is 0.655. The molecule has 0 radical (unpaired) electrons. The number of H-pyrrole nitrogens is 1. The molecule has 4 heterocycles. The zero-order valence-electron chi connectivity index (χ0n) is 14.1. The average molecular weight is 312 g/mol. The third-order valence-electron chi connectivity index (χ3n) is 5.58. The van der Waals surface area contributed by atoms with E-state index in [0.29, 0.717) is 5.92 Å². The van der Waals surface area contributed by atoms with Crippen molar-refractivity contribution in [1.29, 1.82) is 0 Å². The molecule has 4 nitrogen and oxygen atoms in total. The van der Waals surface area contributed by atoms with E-state index < -0.39 is 0 Å². The third-order valence-corrected chi connectivity index (χ3v) is 5.58. The van der Waals surface area contributed by atoms with Crippen LogP contribution in [-0.2, 0) is 6.54 Å². The number of aromatic nitrogens is 2. The second kappa shape index (κ2) is 6.62. The zero-order chi connectivity index (χ0) is 15.6. The van der Waals surface area contributed by atoms with Gasteiger partial charge in [-0.1, -0.05) is 6.92 Å². The first-order valence-corrected chi connectivity index (χ1v) is 9.20. The van der Waals surface area contributed by atoms with Crippen molar-refractivity contribution in [3.63, 3.8) is 0 Å². The Balaban J connectivity index is 1.67. The second-order valence-corrected chi connectivity index (χ2v) is 7.42. The molecule has 0 aliphatic carbocycles. The minimum Gasteiger partial charge on any atom is -0.343 e. The van der Waals surface area contributed by atoms with Crippen LogP contribution in [-0.4, -0.2) is 41.0 Å². The third kappa shape index (κ3) is 3.15. The summed E-state index contributed by atoms with van der Waals surface area (Å²) in [7, 11) is 0. The number of piperidine rings is 2. The lowest BCUT2D eigenvalue weighted by Gasteiger charge is -2.31. The number of likely N-dealkylation sites (tertiary alicyclic amines) is 1. The van der Waals surface area contributed by atoms with Gasteiger partial charge in [-0.2, -0.15) is 0 Å².